The number of benzene rings is 2. The number of anilines is 2. The summed E-state index contributed by atoms with van der Waals surface area (Å²) in [5.41, 5.74) is 2.17. The Hall–Kier alpha value is -3.19. The SMILES string of the molecule is Cc1ccc(Oc2ncnc(Nc3cc(Cl)ccc3C)c2[N+](=O)[O-])cc1. The number of aromatic nitrogens is 2. The number of nitrogens with zero attached hydrogens (tertiary/aromatic N) is 3. The van der Waals surface area contributed by atoms with Gasteiger partial charge in [-0.1, -0.05) is 35.4 Å². The van der Waals surface area contributed by atoms with Crippen LogP contribution in [0.2, 0.25) is 5.02 Å². The van der Waals surface area contributed by atoms with Crippen LogP contribution in [-0.4, -0.2) is 14.9 Å². The molecule has 3 rings (SSSR count). The number of nitro groups is 1. The second kappa shape index (κ2) is 7.37. The third kappa shape index (κ3) is 3.89. The van der Waals surface area contributed by atoms with Gasteiger partial charge in [0.25, 0.3) is 0 Å². The number of rotatable bonds is 5. The van der Waals surface area contributed by atoms with Crippen molar-refractivity contribution in [2.75, 3.05) is 5.32 Å². The highest BCUT2D eigenvalue weighted by Gasteiger charge is 2.25. The van der Waals surface area contributed by atoms with Crippen molar-refractivity contribution in [3.05, 3.63) is 75.1 Å². The van der Waals surface area contributed by atoms with Crippen LogP contribution in [-0.2, 0) is 0 Å². The van der Waals surface area contributed by atoms with Crippen LogP contribution in [0.5, 0.6) is 11.6 Å². The number of hydrogen-bond acceptors (Lipinski definition) is 6. The normalized spacial score (nSPS) is 10.4. The number of hydrogen-bond donors (Lipinski definition) is 1. The third-order valence-corrected chi connectivity index (χ3v) is 3.89. The zero-order valence-electron chi connectivity index (χ0n) is 14.1. The lowest BCUT2D eigenvalue weighted by molar-refractivity contribution is -0.385. The van der Waals surface area contributed by atoms with E-state index in [0.717, 1.165) is 11.1 Å². The van der Waals surface area contributed by atoms with Crippen LogP contribution >= 0.6 is 11.6 Å². The van der Waals surface area contributed by atoms with Crippen LogP contribution in [0.4, 0.5) is 17.2 Å². The molecule has 3 aromatic rings. The van der Waals surface area contributed by atoms with E-state index in [0.29, 0.717) is 16.5 Å². The van der Waals surface area contributed by atoms with E-state index in [2.05, 4.69) is 15.3 Å². The maximum atomic E-state index is 11.6. The number of nitrogens with one attached hydrogen (secondary N) is 1. The van der Waals surface area contributed by atoms with Gasteiger partial charge in [0.05, 0.1) is 4.92 Å². The first-order valence-electron chi connectivity index (χ1n) is 7.71. The summed E-state index contributed by atoms with van der Waals surface area (Å²) < 4.78 is 5.60. The summed E-state index contributed by atoms with van der Waals surface area (Å²) in [7, 11) is 0. The van der Waals surface area contributed by atoms with Gasteiger partial charge in [-0.3, -0.25) is 10.1 Å². The Labute approximate surface area is 154 Å². The van der Waals surface area contributed by atoms with Crippen molar-refractivity contribution in [1.82, 2.24) is 9.97 Å². The Bertz CT molecular complexity index is 961. The van der Waals surface area contributed by atoms with Crippen molar-refractivity contribution in [3.63, 3.8) is 0 Å². The third-order valence-electron chi connectivity index (χ3n) is 3.66. The van der Waals surface area contributed by atoms with Crippen LogP contribution < -0.4 is 10.1 Å². The van der Waals surface area contributed by atoms with Crippen LogP contribution in [0.25, 0.3) is 0 Å². The maximum Gasteiger partial charge on any atom is 0.373 e. The topological polar surface area (TPSA) is 90.2 Å². The van der Waals surface area contributed by atoms with Crippen molar-refractivity contribution in [2.24, 2.45) is 0 Å². The van der Waals surface area contributed by atoms with Gasteiger partial charge in [0.1, 0.15) is 12.1 Å². The molecule has 0 aliphatic heterocycles. The molecule has 0 saturated heterocycles. The van der Waals surface area contributed by atoms with Gasteiger partial charge in [-0.25, -0.2) is 4.98 Å². The second-order valence-corrected chi connectivity index (χ2v) is 6.07. The zero-order valence-corrected chi connectivity index (χ0v) is 14.8. The predicted molar refractivity (Wildman–Crippen MR) is 99.4 cm³/mol. The van der Waals surface area contributed by atoms with E-state index in [1.54, 1.807) is 30.3 Å². The van der Waals surface area contributed by atoms with E-state index in [4.69, 9.17) is 16.3 Å². The van der Waals surface area contributed by atoms with Gasteiger partial charge >= 0.3 is 11.6 Å². The lowest BCUT2D eigenvalue weighted by Crippen LogP contribution is -2.04. The smallest absolute Gasteiger partial charge is 0.373 e. The molecule has 1 aromatic heterocycles. The molecule has 0 aliphatic carbocycles. The minimum Gasteiger partial charge on any atom is -0.434 e. The molecule has 2 aromatic carbocycles. The fraction of sp³-hybridized carbons (Fsp3) is 0.111. The average molecular weight is 371 g/mol. The molecule has 0 bridgehead atoms. The van der Waals surface area contributed by atoms with Crippen LogP contribution in [0.3, 0.4) is 0 Å². The summed E-state index contributed by atoms with van der Waals surface area (Å²) in [4.78, 5) is 18.9. The van der Waals surface area contributed by atoms with Gasteiger partial charge in [-0.2, -0.15) is 4.98 Å². The first-order valence-corrected chi connectivity index (χ1v) is 8.09. The van der Waals surface area contributed by atoms with E-state index in [1.807, 2.05) is 26.0 Å². The predicted octanol–water partition coefficient (Wildman–Crippen LogP) is 5.19. The van der Waals surface area contributed by atoms with Gasteiger partial charge in [-0.15, -0.1) is 0 Å². The summed E-state index contributed by atoms with van der Waals surface area (Å²) in [6.07, 6.45) is 1.21. The van der Waals surface area contributed by atoms with Crippen molar-refractivity contribution in [1.29, 1.82) is 0 Å². The van der Waals surface area contributed by atoms with Crippen molar-refractivity contribution >= 4 is 28.8 Å². The van der Waals surface area contributed by atoms with E-state index in [1.165, 1.54) is 6.33 Å². The molecule has 132 valence electrons. The zero-order chi connectivity index (χ0) is 18.7. The molecule has 7 nitrogen and oxygen atoms in total. The molecule has 1 heterocycles. The van der Waals surface area contributed by atoms with E-state index >= 15 is 0 Å². The van der Waals surface area contributed by atoms with Crippen molar-refractivity contribution in [3.8, 4) is 11.6 Å². The molecule has 0 unspecified atom stereocenters. The van der Waals surface area contributed by atoms with Crippen molar-refractivity contribution in [2.45, 2.75) is 13.8 Å². The summed E-state index contributed by atoms with van der Waals surface area (Å²) >= 11 is 6.01. The molecule has 26 heavy (non-hydrogen) atoms. The van der Waals surface area contributed by atoms with Gasteiger partial charge in [0.2, 0.25) is 5.82 Å². The Balaban J connectivity index is 1.99. The van der Waals surface area contributed by atoms with Gasteiger partial charge in [0, 0.05) is 10.7 Å². The standard InChI is InChI=1S/C18H15ClN4O3/c1-11-3-7-14(8-4-11)26-18-16(23(24)25)17(20-10-21-18)22-15-9-13(19)6-5-12(15)2/h3-10H,1-2H3,(H,20,21,22). The number of ether oxygens (including phenoxy) is 1. The Morgan fingerprint density at radius 1 is 1.12 bits per heavy atom. The van der Waals surface area contributed by atoms with Gasteiger partial charge in [-0.05, 0) is 43.7 Å². The van der Waals surface area contributed by atoms with Gasteiger partial charge < -0.3 is 10.1 Å². The second-order valence-electron chi connectivity index (χ2n) is 5.63. The van der Waals surface area contributed by atoms with Crippen molar-refractivity contribution < 1.29 is 9.66 Å². The lowest BCUT2D eigenvalue weighted by atomic mass is 10.2. The highest BCUT2D eigenvalue weighted by Crippen LogP contribution is 2.36. The van der Waals surface area contributed by atoms with E-state index in [9.17, 15) is 10.1 Å². The first-order chi connectivity index (χ1) is 12.4. The lowest BCUT2D eigenvalue weighted by Gasteiger charge is -2.11. The quantitative estimate of drug-likeness (QED) is 0.491. The highest BCUT2D eigenvalue weighted by atomic mass is 35.5. The molecule has 0 spiro atoms. The van der Waals surface area contributed by atoms with Crippen LogP contribution in [0.1, 0.15) is 11.1 Å². The van der Waals surface area contributed by atoms with Crippen LogP contribution in [0, 0.1) is 24.0 Å². The monoisotopic (exact) mass is 370 g/mol. The molecule has 0 radical (unpaired) electrons. The molecule has 0 saturated carbocycles. The fourth-order valence-electron chi connectivity index (χ4n) is 2.27. The summed E-state index contributed by atoms with van der Waals surface area (Å²) in [5, 5.41) is 15.1. The van der Waals surface area contributed by atoms with E-state index in [-0.39, 0.29) is 17.4 Å². The molecule has 0 atom stereocenters. The number of aryl methyl sites for hydroxylation is 2. The molecule has 0 aliphatic rings. The minimum atomic E-state index is -0.578. The molecular weight excluding hydrogens is 356 g/mol. The minimum absolute atomic E-state index is 0.0254. The number of halogens is 1. The largest absolute Gasteiger partial charge is 0.434 e. The Kier molecular flexibility index (Phi) is 4.99. The highest BCUT2D eigenvalue weighted by molar-refractivity contribution is 6.30. The maximum absolute atomic E-state index is 11.6. The first kappa shape index (κ1) is 17.6. The van der Waals surface area contributed by atoms with Gasteiger partial charge in [0.15, 0.2) is 0 Å². The summed E-state index contributed by atoms with van der Waals surface area (Å²) in [5.74, 6) is 0.329. The summed E-state index contributed by atoms with van der Waals surface area (Å²) in [6.45, 7) is 3.79. The molecule has 1 N–H and O–H groups in total. The Morgan fingerprint density at radius 2 is 1.85 bits per heavy atom. The average Bonchev–Trinajstić information content (AvgIpc) is 2.60. The van der Waals surface area contributed by atoms with E-state index < -0.39 is 4.92 Å². The van der Waals surface area contributed by atoms with Crippen LogP contribution in [0.15, 0.2) is 48.8 Å². The molecule has 8 heteroatoms. The molecule has 0 fully saturated rings. The summed E-state index contributed by atoms with van der Waals surface area (Å²) in [6, 6.07) is 12.3. The fourth-order valence-corrected chi connectivity index (χ4v) is 2.44. The Morgan fingerprint density at radius 3 is 2.54 bits per heavy atom. The molecular formula is C18H15ClN4O3. The molecule has 0 amide bonds.